The first-order chi connectivity index (χ1) is 16.5. The fourth-order valence-corrected chi connectivity index (χ4v) is 5.63. The Balaban J connectivity index is 0.00000289. The molecule has 8 heteroatoms. The fourth-order valence-electron chi connectivity index (χ4n) is 5.63. The van der Waals surface area contributed by atoms with E-state index in [1.165, 1.54) is 22.3 Å². The van der Waals surface area contributed by atoms with Crippen molar-refractivity contribution in [2.24, 2.45) is 5.73 Å². The van der Waals surface area contributed by atoms with E-state index >= 15 is 0 Å². The number of morpholine rings is 1. The number of carbonyl (C=O) groups excluding carboxylic acids is 1. The van der Waals surface area contributed by atoms with Gasteiger partial charge in [-0.15, -0.1) is 12.4 Å². The first kappa shape index (κ1) is 25.8. The standard InChI is InChI=1S/C27H35N3O4.ClH/c1-18-4-3-5-19(12-18)22-16-30-7-6-20-13-26(34-17-27(31)29-8-10-33-11-9-29)25(32-2)14-21(20)24(30)15-23(22)28;/h3-5,12-14,22-24H,6-11,15-17,28H2,1-2H3;1H/t22-,23+,24+;/m0./s1. The van der Waals surface area contributed by atoms with Gasteiger partial charge in [0, 0.05) is 44.2 Å². The predicted octanol–water partition coefficient (Wildman–Crippen LogP) is 3.08. The molecule has 3 atom stereocenters. The zero-order valence-corrected chi connectivity index (χ0v) is 21.4. The molecule has 0 bridgehead atoms. The van der Waals surface area contributed by atoms with Crippen LogP contribution in [0.3, 0.4) is 0 Å². The highest BCUT2D eigenvalue weighted by Gasteiger charge is 2.38. The van der Waals surface area contributed by atoms with Gasteiger partial charge in [0.05, 0.1) is 20.3 Å². The summed E-state index contributed by atoms with van der Waals surface area (Å²) in [7, 11) is 1.65. The minimum Gasteiger partial charge on any atom is -0.493 e. The Morgan fingerprint density at radius 1 is 1.14 bits per heavy atom. The van der Waals surface area contributed by atoms with Crippen molar-refractivity contribution in [1.82, 2.24) is 9.80 Å². The molecule has 5 rings (SSSR count). The number of halogens is 1. The first-order valence-corrected chi connectivity index (χ1v) is 12.3. The molecule has 2 saturated heterocycles. The summed E-state index contributed by atoms with van der Waals surface area (Å²) in [6.07, 6.45) is 1.85. The summed E-state index contributed by atoms with van der Waals surface area (Å²) in [6, 6.07) is 13.3. The van der Waals surface area contributed by atoms with Gasteiger partial charge < -0.3 is 24.8 Å². The predicted molar refractivity (Wildman–Crippen MR) is 138 cm³/mol. The van der Waals surface area contributed by atoms with Crippen LogP contribution in [-0.4, -0.2) is 74.9 Å². The Morgan fingerprint density at radius 3 is 2.69 bits per heavy atom. The Bertz CT molecular complexity index is 1040. The molecule has 1 amide bonds. The fraction of sp³-hybridized carbons (Fsp3) is 0.519. The van der Waals surface area contributed by atoms with E-state index in [-0.39, 0.29) is 37.0 Å². The molecule has 7 nitrogen and oxygen atoms in total. The van der Waals surface area contributed by atoms with Crippen molar-refractivity contribution in [2.75, 3.05) is 53.1 Å². The van der Waals surface area contributed by atoms with Crippen LogP contribution in [0.1, 0.15) is 40.6 Å². The third-order valence-electron chi connectivity index (χ3n) is 7.52. The number of hydrogen-bond acceptors (Lipinski definition) is 6. The van der Waals surface area contributed by atoms with E-state index in [0.29, 0.717) is 43.7 Å². The molecule has 0 saturated carbocycles. The van der Waals surface area contributed by atoms with Crippen LogP contribution in [0, 0.1) is 6.92 Å². The lowest BCUT2D eigenvalue weighted by molar-refractivity contribution is -0.137. The largest absolute Gasteiger partial charge is 0.493 e. The van der Waals surface area contributed by atoms with Crippen LogP contribution in [0.25, 0.3) is 0 Å². The molecular weight excluding hydrogens is 466 g/mol. The summed E-state index contributed by atoms with van der Waals surface area (Å²) in [6.45, 7) is 6.49. The number of benzene rings is 2. The van der Waals surface area contributed by atoms with Crippen molar-refractivity contribution in [2.45, 2.75) is 37.8 Å². The Labute approximate surface area is 213 Å². The van der Waals surface area contributed by atoms with E-state index in [2.05, 4.69) is 48.2 Å². The average Bonchev–Trinajstić information content (AvgIpc) is 2.86. The van der Waals surface area contributed by atoms with Crippen molar-refractivity contribution >= 4 is 18.3 Å². The third kappa shape index (κ3) is 5.43. The molecule has 3 aliphatic rings. The maximum absolute atomic E-state index is 12.5. The third-order valence-corrected chi connectivity index (χ3v) is 7.52. The zero-order chi connectivity index (χ0) is 23.7. The van der Waals surface area contributed by atoms with Gasteiger partial charge in [-0.1, -0.05) is 29.8 Å². The normalized spacial score (nSPS) is 24.1. The molecule has 2 aromatic rings. The van der Waals surface area contributed by atoms with Crippen LogP contribution >= 0.6 is 12.4 Å². The van der Waals surface area contributed by atoms with Crippen molar-refractivity contribution in [3.8, 4) is 11.5 Å². The number of fused-ring (bicyclic) bond motifs is 3. The minimum atomic E-state index is -0.0188. The van der Waals surface area contributed by atoms with E-state index < -0.39 is 0 Å². The number of aryl methyl sites for hydroxylation is 1. The highest BCUT2D eigenvalue weighted by atomic mass is 35.5. The average molecular weight is 502 g/mol. The summed E-state index contributed by atoms with van der Waals surface area (Å²) in [5.41, 5.74) is 11.9. The summed E-state index contributed by atoms with van der Waals surface area (Å²) in [5.74, 6) is 1.63. The Kier molecular flexibility index (Phi) is 8.22. The van der Waals surface area contributed by atoms with Crippen LogP contribution in [-0.2, 0) is 16.0 Å². The summed E-state index contributed by atoms with van der Waals surface area (Å²) >= 11 is 0. The number of nitrogens with zero attached hydrogens (tertiary/aromatic N) is 2. The Hall–Kier alpha value is -2.32. The number of ether oxygens (including phenoxy) is 3. The highest BCUT2D eigenvalue weighted by molar-refractivity contribution is 5.85. The van der Waals surface area contributed by atoms with Gasteiger partial charge in [0.25, 0.3) is 5.91 Å². The molecule has 190 valence electrons. The topological polar surface area (TPSA) is 77.3 Å². The second kappa shape index (κ2) is 11.2. The van der Waals surface area contributed by atoms with E-state index in [1.807, 2.05) is 0 Å². The maximum Gasteiger partial charge on any atom is 0.260 e. The molecule has 2 fully saturated rings. The number of hydrogen-bond donors (Lipinski definition) is 1. The van der Waals surface area contributed by atoms with Crippen LogP contribution in [0.4, 0.5) is 0 Å². The number of nitrogens with two attached hydrogens (primary N) is 1. The molecule has 2 aromatic carbocycles. The first-order valence-electron chi connectivity index (χ1n) is 12.3. The van der Waals surface area contributed by atoms with E-state index in [0.717, 1.165) is 25.9 Å². The van der Waals surface area contributed by atoms with Crippen LogP contribution in [0.2, 0.25) is 0 Å². The van der Waals surface area contributed by atoms with Gasteiger partial charge in [-0.3, -0.25) is 9.69 Å². The minimum absolute atomic E-state index is 0. The highest BCUT2D eigenvalue weighted by Crippen LogP contribution is 2.44. The van der Waals surface area contributed by atoms with Gasteiger partial charge in [0.15, 0.2) is 18.1 Å². The quantitative estimate of drug-likeness (QED) is 0.678. The number of carbonyl (C=O) groups is 1. The molecule has 3 heterocycles. The monoisotopic (exact) mass is 501 g/mol. The van der Waals surface area contributed by atoms with Crippen molar-refractivity contribution < 1.29 is 19.0 Å². The number of piperidine rings is 1. The van der Waals surface area contributed by atoms with Gasteiger partial charge in [0.1, 0.15) is 0 Å². The molecule has 35 heavy (non-hydrogen) atoms. The molecule has 0 radical (unpaired) electrons. The van der Waals surface area contributed by atoms with E-state index in [4.69, 9.17) is 19.9 Å². The second-order valence-corrected chi connectivity index (χ2v) is 9.66. The number of amides is 1. The number of rotatable bonds is 5. The van der Waals surface area contributed by atoms with E-state index in [1.54, 1.807) is 12.0 Å². The SMILES string of the molecule is COc1cc2c(cc1OCC(=O)N1CCOCC1)CCN1C[C@@H](c3cccc(C)c3)[C@H](N)C[C@H]21.Cl. The molecule has 0 aromatic heterocycles. The van der Waals surface area contributed by atoms with Crippen LogP contribution in [0.15, 0.2) is 36.4 Å². The number of methoxy groups -OCH3 is 1. The van der Waals surface area contributed by atoms with Crippen LogP contribution in [0.5, 0.6) is 11.5 Å². The van der Waals surface area contributed by atoms with Gasteiger partial charge in [-0.25, -0.2) is 0 Å². The van der Waals surface area contributed by atoms with Gasteiger partial charge in [-0.05, 0) is 48.6 Å². The van der Waals surface area contributed by atoms with Gasteiger partial charge in [-0.2, -0.15) is 0 Å². The zero-order valence-electron chi connectivity index (χ0n) is 20.6. The maximum atomic E-state index is 12.5. The van der Waals surface area contributed by atoms with Gasteiger partial charge in [0.2, 0.25) is 0 Å². The summed E-state index contributed by atoms with van der Waals surface area (Å²) in [5, 5.41) is 0. The second-order valence-electron chi connectivity index (χ2n) is 9.66. The lowest BCUT2D eigenvalue weighted by Gasteiger charge is -2.46. The summed E-state index contributed by atoms with van der Waals surface area (Å²) in [4.78, 5) is 16.9. The molecule has 3 aliphatic heterocycles. The lowest BCUT2D eigenvalue weighted by Crippen LogP contribution is -2.49. The smallest absolute Gasteiger partial charge is 0.260 e. The van der Waals surface area contributed by atoms with Crippen molar-refractivity contribution in [3.05, 3.63) is 58.7 Å². The molecule has 0 unspecified atom stereocenters. The summed E-state index contributed by atoms with van der Waals surface area (Å²) < 4.78 is 17.0. The van der Waals surface area contributed by atoms with Crippen molar-refractivity contribution in [1.29, 1.82) is 0 Å². The van der Waals surface area contributed by atoms with Crippen molar-refractivity contribution in [3.63, 3.8) is 0 Å². The molecule has 0 spiro atoms. The Morgan fingerprint density at radius 2 is 1.94 bits per heavy atom. The molecule has 0 aliphatic carbocycles. The van der Waals surface area contributed by atoms with Gasteiger partial charge >= 0.3 is 0 Å². The molecule has 2 N–H and O–H groups in total. The van der Waals surface area contributed by atoms with E-state index in [9.17, 15) is 4.79 Å². The lowest BCUT2D eigenvalue weighted by atomic mass is 9.78. The molecular formula is C27H36ClN3O4. The van der Waals surface area contributed by atoms with Crippen LogP contribution < -0.4 is 15.2 Å².